The van der Waals surface area contributed by atoms with Crippen LogP contribution in [0.5, 0.6) is 0 Å². The van der Waals surface area contributed by atoms with E-state index in [1.54, 1.807) is 0 Å². The minimum atomic E-state index is -0.481. The Balaban J connectivity index is -0.0000000910. The van der Waals surface area contributed by atoms with Gasteiger partial charge in [0, 0.05) is 8.80 Å². The molecule has 0 unspecified atom stereocenters. The molecule has 0 rings (SSSR count). The summed E-state index contributed by atoms with van der Waals surface area (Å²) < 4.78 is 0. The van der Waals surface area contributed by atoms with E-state index in [1.165, 1.54) is 0 Å². The third kappa shape index (κ3) is 125. The predicted molar refractivity (Wildman–Crippen MR) is 55.5 cm³/mol. The average molecular weight is 177 g/mol. The van der Waals surface area contributed by atoms with E-state index in [1.807, 2.05) is 0 Å². The molecule has 2 nitrogen and oxygen atoms in total. The fourth-order valence-electron chi connectivity index (χ4n) is 0. The zero-order valence-electron chi connectivity index (χ0n) is 6.35. The van der Waals surface area contributed by atoms with Crippen molar-refractivity contribution in [2.75, 3.05) is 0 Å². The van der Waals surface area contributed by atoms with Crippen LogP contribution >= 0.6 is 0 Å². The first-order valence-electron chi connectivity index (χ1n) is 2.92. The van der Waals surface area contributed by atoms with Gasteiger partial charge < -0.3 is 5.73 Å². The number of nitrogens with two attached hydrogens (primary N) is 1. The second-order valence-electron chi connectivity index (χ2n) is 2.34. The molecule has 1 amide bonds. The molecule has 0 fully saturated rings. The SMILES string of the molecule is C=CC(N)=O.C[SiH](C)C.[SiH4]. The molecule has 0 bridgehead atoms. The molecular formula is C6H19NOSi2. The van der Waals surface area contributed by atoms with Crippen molar-refractivity contribution in [1.29, 1.82) is 0 Å². The lowest BCUT2D eigenvalue weighted by atomic mass is 10.6. The Labute approximate surface area is 69.1 Å². The first-order chi connectivity index (χ1) is 4.00. The van der Waals surface area contributed by atoms with Gasteiger partial charge in [0.1, 0.15) is 0 Å². The van der Waals surface area contributed by atoms with Crippen molar-refractivity contribution < 1.29 is 4.79 Å². The zero-order valence-corrected chi connectivity index (χ0v) is 7.50. The summed E-state index contributed by atoms with van der Waals surface area (Å²) >= 11 is 0. The summed E-state index contributed by atoms with van der Waals surface area (Å²) in [6.07, 6.45) is 1.06. The Hall–Kier alpha value is -0.356. The van der Waals surface area contributed by atoms with Crippen LogP contribution in [0.15, 0.2) is 12.7 Å². The Bertz CT molecular complexity index is 91.0. The lowest BCUT2D eigenvalue weighted by Gasteiger charge is -1.75. The molecule has 0 aromatic carbocycles. The van der Waals surface area contributed by atoms with Gasteiger partial charge in [0.2, 0.25) is 5.91 Å². The van der Waals surface area contributed by atoms with Gasteiger partial charge in [-0.15, -0.1) is 0 Å². The van der Waals surface area contributed by atoms with Gasteiger partial charge in [-0.2, -0.15) is 0 Å². The molecule has 0 aromatic rings. The second-order valence-corrected chi connectivity index (χ2v) is 5.80. The molecule has 0 atom stereocenters. The summed E-state index contributed by atoms with van der Waals surface area (Å²) in [7, 11) is -0.139. The average Bonchev–Trinajstić information content (AvgIpc) is 1.65. The van der Waals surface area contributed by atoms with Crippen LogP contribution in [0.1, 0.15) is 0 Å². The van der Waals surface area contributed by atoms with Crippen LogP contribution in [0.4, 0.5) is 0 Å². The second kappa shape index (κ2) is 11.4. The highest BCUT2D eigenvalue weighted by molar-refractivity contribution is 6.54. The van der Waals surface area contributed by atoms with Crippen LogP contribution < -0.4 is 5.73 Å². The lowest BCUT2D eigenvalue weighted by molar-refractivity contribution is -0.113. The minimum absolute atomic E-state index is 0. The third-order valence-corrected chi connectivity index (χ3v) is 0.201. The fraction of sp³-hybridized carbons (Fsp3) is 0.500. The number of hydrogen-bond donors (Lipinski definition) is 1. The number of amides is 1. The Morgan fingerprint density at radius 1 is 1.50 bits per heavy atom. The number of rotatable bonds is 1. The maximum atomic E-state index is 9.47. The normalized spacial score (nSPS) is 6.80. The number of primary amides is 1. The molecule has 0 aliphatic heterocycles. The molecule has 0 spiro atoms. The zero-order chi connectivity index (χ0) is 7.86. The van der Waals surface area contributed by atoms with Crippen LogP contribution in [0.3, 0.4) is 0 Å². The first-order valence-corrected chi connectivity index (χ1v) is 6.39. The van der Waals surface area contributed by atoms with E-state index in [4.69, 9.17) is 0 Å². The quantitative estimate of drug-likeness (QED) is 0.418. The molecule has 2 N–H and O–H groups in total. The highest BCUT2D eigenvalue weighted by Crippen LogP contribution is 1.68. The maximum Gasteiger partial charge on any atom is 0.240 e. The van der Waals surface area contributed by atoms with E-state index >= 15 is 0 Å². The van der Waals surface area contributed by atoms with Crippen molar-refractivity contribution in [2.24, 2.45) is 5.73 Å². The van der Waals surface area contributed by atoms with E-state index in [0.717, 1.165) is 6.08 Å². The van der Waals surface area contributed by atoms with Crippen LogP contribution in [0.25, 0.3) is 0 Å². The third-order valence-electron chi connectivity index (χ3n) is 0.201. The van der Waals surface area contributed by atoms with E-state index in [-0.39, 0.29) is 19.8 Å². The molecule has 0 aliphatic rings. The molecule has 0 radical (unpaired) electrons. The number of carbonyl (C=O) groups excluding carboxylic acids is 1. The van der Waals surface area contributed by atoms with Gasteiger partial charge in [-0.05, 0) is 17.0 Å². The predicted octanol–water partition coefficient (Wildman–Crippen LogP) is -0.691. The molecule has 0 aromatic heterocycles. The molecule has 62 valence electrons. The lowest BCUT2D eigenvalue weighted by Crippen LogP contribution is -2.04. The summed E-state index contributed by atoms with van der Waals surface area (Å²) in [6.45, 7) is 10.0. The van der Waals surface area contributed by atoms with Crippen molar-refractivity contribution in [3.05, 3.63) is 12.7 Å². The fourth-order valence-corrected chi connectivity index (χ4v) is 0. The largest absolute Gasteiger partial charge is 0.366 e. The molecule has 0 saturated heterocycles. The molecule has 10 heavy (non-hydrogen) atoms. The summed E-state index contributed by atoms with van der Waals surface area (Å²) in [5.74, 6) is -0.481. The van der Waals surface area contributed by atoms with E-state index < -0.39 is 5.91 Å². The maximum absolute atomic E-state index is 9.47. The number of carbonyl (C=O) groups is 1. The van der Waals surface area contributed by atoms with Gasteiger partial charge in [0.15, 0.2) is 0 Å². The van der Waals surface area contributed by atoms with Gasteiger partial charge in [0.25, 0.3) is 0 Å². The molecule has 0 aliphatic carbocycles. The standard InChI is InChI=1S/C3H5NO.C3H10Si.H4Si/c1-2-3(4)5;1-4(2)3;/h2H,1H2,(H2,4,5);4H,1-3H3;1H4. The van der Waals surface area contributed by atoms with Crippen LogP contribution in [-0.4, -0.2) is 25.7 Å². The van der Waals surface area contributed by atoms with Crippen molar-refractivity contribution in [1.82, 2.24) is 0 Å². The molecule has 0 saturated carbocycles. The minimum Gasteiger partial charge on any atom is -0.366 e. The summed E-state index contributed by atoms with van der Waals surface area (Å²) in [6, 6.07) is 0. The van der Waals surface area contributed by atoms with Gasteiger partial charge in [-0.25, -0.2) is 0 Å². The van der Waals surface area contributed by atoms with Crippen LogP contribution in [0.2, 0.25) is 19.6 Å². The van der Waals surface area contributed by atoms with E-state index in [2.05, 4.69) is 32.0 Å². The van der Waals surface area contributed by atoms with E-state index in [0.29, 0.717) is 0 Å². The van der Waals surface area contributed by atoms with Crippen molar-refractivity contribution in [3.8, 4) is 0 Å². The smallest absolute Gasteiger partial charge is 0.240 e. The van der Waals surface area contributed by atoms with Crippen LogP contribution in [-0.2, 0) is 4.79 Å². The van der Waals surface area contributed by atoms with Gasteiger partial charge in [-0.1, -0.05) is 26.2 Å². The molecule has 0 heterocycles. The summed E-state index contributed by atoms with van der Waals surface area (Å²) in [5, 5.41) is 0. The van der Waals surface area contributed by atoms with Crippen molar-refractivity contribution in [3.63, 3.8) is 0 Å². The highest BCUT2D eigenvalue weighted by atomic mass is 28.3. The summed E-state index contributed by atoms with van der Waals surface area (Å²) in [5.41, 5.74) is 4.53. The highest BCUT2D eigenvalue weighted by Gasteiger charge is 1.71. The molecule has 4 heteroatoms. The topological polar surface area (TPSA) is 43.1 Å². The van der Waals surface area contributed by atoms with E-state index in [9.17, 15) is 4.79 Å². The van der Waals surface area contributed by atoms with Crippen molar-refractivity contribution in [2.45, 2.75) is 19.6 Å². The number of hydrogen-bond acceptors (Lipinski definition) is 1. The van der Waals surface area contributed by atoms with Gasteiger partial charge >= 0.3 is 0 Å². The Morgan fingerprint density at radius 2 is 1.60 bits per heavy atom. The van der Waals surface area contributed by atoms with Gasteiger partial charge in [-0.3, -0.25) is 4.79 Å². The Kier molecular flexibility index (Phi) is 18.7. The van der Waals surface area contributed by atoms with Crippen LogP contribution in [0, 0.1) is 0 Å². The Morgan fingerprint density at radius 3 is 1.60 bits per heavy atom. The first kappa shape index (κ1) is 16.3. The van der Waals surface area contributed by atoms with Crippen molar-refractivity contribution >= 4 is 25.7 Å². The monoisotopic (exact) mass is 177 g/mol. The van der Waals surface area contributed by atoms with Gasteiger partial charge in [0.05, 0.1) is 0 Å². The summed E-state index contributed by atoms with van der Waals surface area (Å²) in [4.78, 5) is 9.47. The molecular weight excluding hydrogens is 158 g/mol.